The maximum Gasteiger partial charge on any atom is 0.0465 e. The molecule has 1 unspecified atom stereocenters. The lowest BCUT2D eigenvalue weighted by Gasteiger charge is -2.34. The molecule has 0 saturated carbocycles. The molecule has 0 bridgehead atoms. The number of fused-ring (bicyclic) bond motifs is 7. The SMILES string of the molecule is CCCCCCC1(CCCCCC)c2ccccc2-c2ccc(N(c3ccccc3)c3ccc(-c4ccc(C(C)(c5ccc(-c6ccc(N(c7ccc(-c8ccc(-c9ccc(N(c%10ccccc%10)c%10ccccc%10)cc9)cc8)cc7)c7ccc8c(c7)C(CCCCCC)(CCCCCC)c7ccccc7-8)cc6)cc5)c5ccc(-c6ccc7c(c6)CC7)cc5)cc4)cc3)cc21. The van der Waals surface area contributed by atoms with E-state index >= 15 is 0 Å². The first kappa shape index (κ1) is 85.4. The minimum absolute atomic E-state index is 0.0114. The molecule has 0 radical (unpaired) electrons. The van der Waals surface area contributed by atoms with Crippen LogP contribution < -0.4 is 14.7 Å². The third kappa shape index (κ3) is 17.3. The van der Waals surface area contributed by atoms with Crippen LogP contribution in [0.5, 0.6) is 0 Å². The van der Waals surface area contributed by atoms with Crippen LogP contribution in [0.4, 0.5) is 51.2 Å². The van der Waals surface area contributed by atoms with Crippen molar-refractivity contribution in [1.82, 2.24) is 0 Å². The van der Waals surface area contributed by atoms with Crippen molar-refractivity contribution in [3.8, 4) is 77.9 Å². The number of para-hydroxylation sites is 3. The Morgan fingerprint density at radius 1 is 0.202 bits per heavy atom. The van der Waals surface area contributed by atoms with Crippen molar-refractivity contribution < 1.29 is 0 Å². The maximum atomic E-state index is 2.60. The first-order chi connectivity index (χ1) is 63.6. The maximum absolute atomic E-state index is 2.60. The zero-order chi connectivity index (χ0) is 87.5. The number of anilines is 9. The summed E-state index contributed by atoms with van der Waals surface area (Å²) in [5, 5.41) is 0. The van der Waals surface area contributed by atoms with Gasteiger partial charge in [-0.15, -0.1) is 0 Å². The van der Waals surface area contributed by atoms with Crippen molar-refractivity contribution in [2.24, 2.45) is 0 Å². The van der Waals surface area contributed by atoms with Crippen molar-refractivity contribution in [2.45, 2.75) is 192 Å². The summed E-state index contributed by atoms with van der Waals surface area (Å²) in [7, 11) is 0. The van der Waals surface area contributed by atoms with Crippen LogP contribution in [-0.2, 0) is 29.1 Å². The summed E-state index contributed by atoms with van der Waals surface area (Å²) >= 11 is 0. The Kier molecular flexibility index (Phi) is 25.7. The fourth-order valence-corrected chi connectivity index (χ4v) is 21.9. The Balaban J connectivity index is 0.635. The molecule has 129 heavy (non-hydrogen) atoms. The number of benzene rings is 16. The molecule has 0 heterocycles. The number of nitrogens with zero attached hydrogens (tertiary/aromatic N) is 3. The molecule has 1 atom stereocenters. The van der Waals surface area contributed by atoms with Crippen molar-refractivity contribution in [3.63, 3.8) is 0 Å². The van der Waals surface area contributed by atoms with Crippen LogP contribution in [0.3, 0.4) is 0 Å². The normalized spacial score (nSPS) is 13.4. The van der Waals surface area contributed by atoms with E-state index in [2.05, 4.69) is 438 Å². The van der Waals surface area contributed by atoms with Crippen molar-refractivity contribution in [1.29, 1.82) is 0 Å². The van der Waals surface area contributed by atoms with Crippen molar-refractivity contribution in [2.75, 3.05) is 14.7 Å². The van der Waals surface area contributed by atoms with E-state index < -0.39 is 5.41 Å². The van der Waals surface area contributed by atoms with Crippen LogP contribution in [0.2, 0.25) is 0 Å². The number of hydrogen-bond acceptors (Lipinski definition) is 3. The molecule has 642 valence electrons. The standard InChI is InChI=1S/C126H123N3/c1-6-10-14-31-85-125(86-32-15-11-7-2)120-43-29-27-41-116(120)118-83-81-114(90-122(118)125)128(109-39-25-20-26-40-109)111-75-63-98(64-76-111)94-53-67-104(68-54-94)124(5,106-71-57-101(58-72-106)103-52-50-100-49-51-102(100)89-103)105-69-55-95(56-70-105)99-65-79-113(80-66-99)129(115-82-84-119-117-42-28-30-44-121(117)126(123(119)91-115,87-33-16-12-8-3)88-34-17-13-9-4)112-77-61-97(62-78-112)93-47-45-92(46-48-93)96-59-73-110(74-60-96)127(107-35-21-18-22-36-107)108-37-23-19-24-38-108/h18-30,35-48,50,52-84,89-91H,6-17,31-34,49,51,85-88H2,1-5H3. The summed E-state index contributed by atoms with van der Waals surface area (Å²) in [6.45, 7) is 11.8. The highest BCUT2D eigenvalue weighted by molar-refractivity contribution is 5.90. The zero-order valence-corrected chi connectivity index (χ0v) is 76.3. The summed E-state index contributed by atoms with van der Waals surface area (Å²) in [6.07, 6.45) is 27.1. The molecular formula is C126H123N3. The molecule has 16 aromatic rings. The summed E-state index contributed by atoms with van der Waals surface area (Å²) in [5.41, 5.74) is 40.2. The molecule has 0 aromatic heterocycles. The van der Waals surface area contributed by atoms with Gasteiger partial charge >= 0.3 is 0 Å². The highest BCUT2D eigenvalue weighted by atomic mass is 15.2. The second-order valence-electron chi connectivity index (χ2n) is 37.1. The Morgan fingerprint density at radius 2 is 0.442 bits per heavy atom. The van der Waals surface area contributed by atoms with E-state index in [-0.39, 0.29) is 10.8 Å². The first-order valence-electron chi connectivity index (χ1n) is 48.6. The molecule has 3 heteroatoms. The zero-order valence-electron chi connectivity index (χ0n) is 76.3. The Hall–Kier alpha value is -13.1. The predicted octanol–water partition coefficient (Wildman–Crippen LogP) is 36.3. The van der Waals surface area contributed by atoms with Gasteiger partial charge in [0.2, 0.25) is 0 Å². The molecule has 0 aliphatic heterocycles. The number of aryl methyl sites for hydroxylation is 2. The fourth-order valence-electron chi connectivity index (χ4n) is 21.9. The van der Waals surface area contributed by atoms with Crippen LogP contribution in [0, 0.1) is 0 Å². The second kappa shape index (κ2) is 38.9. The number of unbranched alkanes of at least 4 members (excludes halogenated alkanes) is 12. The second-order valence-corrected chi connectivity index (χ2v) is 37.1. The lowest BCUT2D eigenvalue weighted by Crippen LogP contribution is -2.26. The van der Waals surface area contributed by atoms with Gasteiger partial charge in [-0.1, -0.05) is 409 Å². The number of hydrogen-bond donors (Lipinski definition) is 0. The van der Waals surface area contributed by atoms with Gasteiger partial charge in [-0.05, 0) is 283 Å². The molecule has 16 aromatic carbocycles. The van der Waals surface area contributed by atoms with Gasteiger partial charge in [-0.3, -0.25) is 0 Å². The quantitative estimate of drug-likeness (QED) is 0.0284. The monoisotopic (exact) mass is 1680 g/mol. The van der Waals surface area contributed by atoms with Gasteiger partial charge < -0.3 is 14.7 Å². The fraction of sp³-hybridized carbons (Fsp3) is 0.238. The summed E-state index contributed by atoms with van der Waals surface area (Å²) in [6, 6.07) is 148. The first-order valence-corrected chi connectivity index (χ1v) is 48.6. The van der Waals surface area contributed by atoms with Crippen LogP contribution in [0.15, 0.2) is 388 Å². The molecule has 3 aliphatic rings. The van der Waals surface area contributed by atoms with E-state index in [0.29, 0.717) is 0 Å². The molecular weight excluding hydrogens is 1560 g/mol. The van der Waals surface area contributed by atoms with E-state index in [1.807, 2.05) is 0 Å². The van der Waals surface area contributed by atoms with Gasteiger partial charge in [-0.2, -0.15) is 0 Å². The van der Waals surface area contributed by atoms with Crippen LogP contribution in [0.25, 0.3) is 77.9 Å². The van der Waals surface area contributed by atoms with E-state index in [1.165, 1.54) is 261 Å². The molecule has 0 amide bonds. The average Bonchev–Trinajstić information content (AvgIpc) is 1.56. The largest absolute Gasteiger partial charge is 0.311 e. The van der Waals surface area contributed by atoms with Crippen LogP contribution in [0.1, 0.15) is 213 Å². The minimum Gasteiger partial charge on any atom is -0.311 e. The number of rotatable bonds is 37. The van der Waals surface area contributed by atoms with E-state index in [4.69, 9.17) is 0 Å². The smallest absolute Gasteiger partial charge is 0.0465 e. The molecule has 19 rings (SSSR count). The molecule has 3 aliphatic carbocycles. The highest BCUT2D eigenvalue weighted by Crippen LogP contribution is 2.59. The Bertz CT molecular complexity index is 6370. The Labute approximate surface area is 768 Å². The predicted molar refractivity (Wildman–Crippen MR) is 551 cm³/mol. The van der Waals surface area contributed by atoms with Gasteiger partial charge in [0.15, 0.2) is 0 Å². The average molecular weight is 1680 g/mol. The minimum atomic E-state index is -0.498. The van der Waals surface area contributed by atoms with Gasteiger partial charge in [0, 0.05) is 67.4 Å². The van der Waals surface area contributed by atoms with E-state index in [0.717, 1.165) is 59.1 Å². The Morgan fingerprint density at radius 3 is 0.736 bits per heavy atom. The lowest BCUT2D eigenvalue weighted by molar-refractivity contribution is 0.401. The summed E-state index contributed by atoms with van der Waals surface area (Å²) < 4.78 is 0. The lowest BCUT2D eigenvalue weighted by atomic mass is 9.70. The van der Waals surface area contributed by atoms with Crippen LogP contribution in [-0.4, -0.2) is 0 Å². The summed E-state index contributed by atoms with van der Waals surface area (Å²) in [5.74, 6) is 0. The summed E-state index contributed by atoms with van der Waals surface area (Å²) in [4.78, 5) is 7.32. The highest BCUT2D eigenvalue weighted by Gasteiger charge is 2.45. The molecule has 0 N–H and O–H groups in total. The molecule has 3 nitrogen and oxygen atoms in total. The molecule has 0 spiro atoms. The van der Waals surface area contributed by atoms with E-state index in [9.17, 15) is 0 Å². The van der Waals surface area contributed by atoms with E-state index in [1.54, 1.807) is 0 Å². The van der Waals surface area contributed by atoms with Gasteiger partial charge in [0.25, 0.3) is 0 Å². The van der Waals surface area contributed by atoms with Gasteiger partial charge in [-0.25, -0.2) is 0 Å². The van der Waals surface area contributed by atoms with Gasteiger partial charge in [0.1, 0.15) is 0 Å². The molecule has 0 fully saturated rings. The topological polar surface area (TPSA) is 9.72 Å². The van der Waals surface area contributed by atoms with Crippen LogP contribution >= 0.6 is 0 Å². The molecule has 0 saturated heterocycles. The van der Waals surface area contributed by atoms with Gasteiger partial charge in [0.05, 0.1) is 0 Å². The van der Waals surface area contributed by atoms with Crippen molar-refractivity contribution in [3.05, 3.63) is 438 Å². The van der Waals surface area contributed by atoms with Crippen molar-refractivity contribution >= 4 is 51.2 Å². The third-order valence-electron chi connectivity index (χ3n) is 29.2. The third-order valence-corrected chi connectivity index (χ3v) is 29.2.